The van der Waals surface area contributed by atoms with Gasteiger partial charge in [0.05, 0.1) is 17.7 Å². The summed E-state index contributed by atoms with van der Waals surface area (Å²) in [6, 6.07) is 21.1. The van der Waals surface area contributed by atoms with Crippen molar-refractivity contribution in [2.24, 2.45) is 4.99 Å². The predicted molar refractivity (Wildman–Crippen MR) is 131 cm³/mol. The average molecular weight is 456 g/mol. The molecule has 3 aromatic carbocycles. The Morgan fingerprint density at radius 1 is 0.968 bits per heavy atom. The van der Waals surface area contributed by atoms with Gasteiger partial charge in [-0.1, -0.05) is 47.5 Å². The number of halogens is 2. The first-order valence-corrected chi connectivity index (χ1v) is 10.9. The Morgan fingerprint density at radius 3 is 2.19 bits per heavy atom. The quantitative estimate of drug-likeness (QED) is 0.244. The lowest BCUT2D eigenvalue weighted by Crippen LogP contribution is -2.29. The molecule has 0 amide bonds. The number of nitrogens with zero attached hydrogens (tertiary/aromatic N) is 1. The molecule has 0 fully saturated rings. The van der Waals surface area contributed by atoms with Crippen molar-refractivity contribution >= 4 is 34.7 Å². The molecule has 0 unspecified atom stereocenters. The fourth-order valence-corrected chi connectivity index (χ4v) is 3.45. The number of hydrogen-bond acceptors (Lipinski definition) is 3. The van der Waals surface area contributed by atoms with Crippen molar-refractivity contribution in [3.63, 3.8) is 0 Å². The summed E-state index contributed by atoms with van der Waals surface area (Å²) in [5, 5.41) is 4.89. The van der Waals surface area contributed by atoms with Gasteiger partial charge in [-0.05, 0) is 68.3 Å². The molecule has 3 rings (SSSR count). The van der Waals surface area contributed by atoms with Crippen molar-refractivity contribution in [2.75, 3.05) is 12.3 Å². The van der Waals surface area contributed by atoms with Gasteiger partial charge in [0.2, 0.25) is 0 Å². The Kier molecular flexibility index (Phi) is 7.47. The van der Waals surface area contributed by atoms with Crippen LogP contribution in [-0.4, -0.2) is 12.4 Å². The molecule has 0 saturated carbocycles. The predicted octanol–water partition coefficient (Wildman–Crippen LogP) is 6.45. The van der Waals surface area contributed by atoms with Crippen molar-refractivity contribution in [2.45, 2.75) is 32.9 Å². The lowest BCUT2D eigenvalue weighted by Gasteiger charge is -2.24. The molecule has 6 heteroatoms. The molecule has 0 aliphatic carbocycles. The molecule has 162 valence electrons. The van der Waals surface area contributed by atoms with Crippen LogP contribution in [0.25, 0.3) is 0 Å². The Bertz CT molecular complexity index is 1050. The van der Waals surface area contributed by atoms with E-state index in [4.69, 9.17) is 38.7 Å². The van der Waals surface area contributed by atoms with E-state index in [1.807, 2.05) is 73.7 Å². The summed E-state index contributed by atoms with van der Waals surface area (Å²) in [6.45, 7) is 7.20. The van der Waals surface area contributed by atoms with Gasteiger partial charge in [-0.25, -0.2) is 0 Å². The number of aliphatic imine (C=N–C) groups is 1. The fourth-order valence-electron chi connectivity index (χ4n) is 3.19. The van der Waals surface area contributed by atoms with Crippen molar-refractivity contribution in [3.05, 3.63) is 93.5 Å². The highest BCUT2D eigenvalue weighted by molar-refractivity contribution is 6.30. The molecule has 0 saturated heterocycles. The van der Waals surface area contributed by atoms with Crippen LogP contribution in [-0.2, 0) is 12.1 Å². The lowest BCUT2D eigenvalue weighted by atomic mass is 9.95. The van der Waals surface area contributed by atoms with E-state index < -0.39 is 5.54 Å². The Balaban J connectivity index is 2.02. The largest absolute Gasteiger partial charge is 0.493 e. The zero-order valence-corrected chi connectivity index (χ0v) is 19.5. The maximum absolute atomic E-state index is 6.08. The first-order valence-electron chi connectivity index (χ1n) is 10.2. The van der Waals surface area contributed by atoms with Crippen LogP contribution in [0.2, 0.25) is 10.0 Å². The van der Waals surface area contributed by atoms with Gasteiger partial charge < -0.3 is 15.8 Å². The Morgan fingerprint density at radius 2 is 1.58 bits per heavy atom. The van der Waals surface area contributed by atoms with E-state index in [0.717, 1.165) is 22.5 Å². The second kappa shape index (κ2) is 10.1. The van der Waals surface area contributed by atoms with E-state index in [1.54, 1.807) is 0 Å². The first-order chi connectivity index (χ1) is 14.8. The zero-order chi connectivity index (χ0) is 22.4. The molecule has 0 heterocycles. The monoisotopic (exact) mass is 455 g/mol. The molecule has 3 aromatic rings. The van der Waals surface area contributed by atoms with Gasteiger partial charge in [0.25, 0.3) is 0 Å². The highest BCUT2D eigenvalue weighted by atomic mass is 35.5. The van der Waals surface area contributed by atoms with Gasteiger partial charge in [0.1, 0.15) is 11.6 Å². The van der Waals surface area contributed by atoms with Gasteiger partial charge in [-0.15, -0.1) is 0 Å². The highest BCUT2D eigenvalue weighted by Crippen LogP contribution is 2.29. The topological polar surface area (TPSA) is 59.6 Å². The molecule has 0 aliphatic heterocycles. The van der Waals surface area contributed by atoms with Gasteiger partial charge in [-0.2, -0.15) is 0 Å². The Labute approximate surface area is 194 Å². The maximum atomic E-state index is 6.08. The van der Waals surface area contributed by atoms with Gasteiger partial charge in [-0.3, -0.25) is 4.99 Å². The summed E-state index contributed by atoms with van der Waals surface area (Å²) in [6.07, 6.45) is 0. The standard InChI is InChI=1S/C25H27Cl2N3O/c1-4-31-23-15-21(28)13-14-22(23)24(29-16-17-5-9-19(26)10-6-17)30-25(2,3)18-7-11-20(27)12-8-18/h5-15H,4,16,28H2,1-3H3,(H,29,30). The van der Waals surface area contributed by atoms with E-state index in [9.17, 15) is 0 Å². The van der Waals surface area contributed by atoms with Crippen LogP contribution >= 0.6 is 23.2 Å². The van der Waals surface area contributed by atoms with E-state index in [1.165, 1.54) is 0 Å². The lowest BCUT2D eigenvalue weighted by molar-refractivity contribution is 0.339. The van der Waals surface area contributed by atoms with Gasteiger partial charge in [0.15, 0.2) is 0 Å². The number of anilines is 1. The number of hydrogen-bond donors (Lipinski definition) is 2. The van der Waals surface area contributed by atoms with E-state index in [0.29, 0.717) is 34.6 Å². The summed E-state index contributed by atoms with van der Waals surface area (Å²) < 4.78 is 5.87. The van der Waals surface area contributed by atoms with E-state index in [-0.39, 0.29) is 0 Å². The number of nitrogens with two attached hydrogens (primary N) is 1. The number of nitrogens with one attached hydrogen (secondary N) is 1. The minimum absolute atomic E-state index is 0.502. The van der Waals surface area contributed by atoms with Crippen LogP contribution in [0.3, 0.4) is 0 Å². The molecule has 0 spiro atoms. The van der Waals surface area contributed by atoms with E-state index in [2.05, 4.69) is 19.2 Å². The van der Waals surface area contributed by atoms with Crippen molar-refractivity contribution in [1.82, 2.24) is 5.32 Å². The van der Waals surface area contributed by atoms with Crippen molar-refractivity contribution in [1.29, 1.82) is 0 Å². The summed E-state index contributed by atoms with van der Waals surface area (Å²) in [4.78, 5) is 5.10. The van der Waals surface area contributed by atoms with Crippen molar-refractivity contribution < 1.29 is 4.74 Å². The third-order valence-corrected chi connectivity index (χ3v) is 5.38. The molecule has 3 N–H and O–H groups in total. The minimum atomic E-state index is -0.502. The highest BCUT2D eigenvalue weighted by Gasteiger charge is 2.22. The molecular formula is C25H27Cl2N3O. The smallest absolute Gasteiger partial charge is 0.133 e. The maximum Gasteiger partial charge on any atom is 0.133 e. The fraction of sp³-hybridized carbons (Fsp3) is 0.240. The number of rotatable bonds is 7. The van der Waals surface area contributed by atoms with Crippen LogP contribution in [0.4, 0.5) is 5.69 Å². The van der Waals surface area contributed by atoms with Crippen LogP contribution in [0.5, 0.6) is 5.75 Å². The molecular weight excluding hydrogens is 429 g/mol. The summed E-state index contributed by atoms with van der Waals surface area (Å²) >= 11 is 12.1. The third kappa shape index (κ3) is 6.16. The molecule has 0 aromatic heterocycles. The Hall–Kier alpha value is -2.69. The number of ether oxygens (including phenoxy) is 1. The molecule has 31 heavy (non-hydrogen) atoms. The zero-order valence-electron chi connectivity index (χ0n) is 18.0. The van der Waals surface area contributed by atoms with Crippen molar-refractivity contribution in [3.8, 4) is 5.75 Å². The molecule has 0 aliphatic rings. The number of nitrogen functional groups attached to an aromatic ring is 1. The number of benzene rings is 3. The molecule has 0 bridgehead atoms. The SMILES string of the molecule is CCOc1cc(N)ccc1/C(=N/C(C)(C)c1ccc(Cl)cc1)NCc1ccc(Cl)cc1. The first kappa shape index (κ1) is 23.0. The van der Waals surface area contributed by atoms with E-state index >= 15 is 0 Å². The summed E-state index contributed by atoms with van der Waals surface area (Å²) in [7, 11) is 0. The average Bonchev–Trinajstić information content (AvgIpc) is 2.73. The van der Waals surface area contributed by atoms with Gasteiger partial charge >= 0.3 is 0 Å². The second-order valence-corrected chi connectivity index (χ2v) is 8.57. The summed E-state index contributed by atoms with van der Waals surface area (Å²) in [5.41, 5.74) is 9.14. The normalized spacial score (nSPS) is 12.0. The minimum Gasteiger partial charge on any atom is -0.493 e. The van der Waals surface area contributed by atoms with Gasteiger partial charge in [0, 0.05) is 28.3 Å². The van der Waals surface area contributed by atoms with Crippen LogP contribution in [0.15, 0.2) is 71.7 Å². The molecule has 0 atom stereocenters. The van der Waals surface area contributed by atoms with Crippen LogP contribution < -0.4 is 15.8 Å². The molecule has 4 nitrogen and oxygen atoms in total. The second-order valence-electron chi connectivity index (χ2n) is 7.69. The third-order valence-electron chi connectivity index (χ3n) is 4.88. The van der Waals surface area contributed by atoms with Crippen LogP contribution in [0.1, 0.15) is 37.5 Å². The van der Waals surface area contributed by atoms with Crippen LogP contribution in [0, 0.1) is 0 Å². The molecule has 0 radical (unpaired) electrons. The number of amidine groups is 1. The summed E-state index contributed by atoms with van der Waals surface area (Å²) in [5.74, 6) is 1.41.